The summed E-state index contributed by atoms with van der Waals surface area (Å²) in [5.74, 6) is 0.00651. The lowest BCUT2D eigenvalue weighted by atomic mass is 9.95. The van der Waals surface area contributed by atoms with Gasteiger partial charge in [0.15, 0.2) is 0 Å². The number of aromatic nitrogens is 2. The van der Waals surface area contributed by atoms with E-state index in [1.54, 1.807) is 24.3 Å². The highest BCUT2D eigenvalue weighted by Gasteiger charge is 2.23. The lowest BCUT2D eigenvalue weighted by Crippen LogP contribution is -2.39. The van der Waals surface area contributed by atoms with Gasteiger partial charge < -0.3 is 41.0 Å². The summed E-state index contributed by atoms with van der Waals surface area (Å²) in [7, 11) is 0. The monoisotopic (exact) mass is 580 g/mol. The molecule has 0 saturated carbocycles. The van der Waals surface area contributed by atoms with E-state index in [4.69, 9.17) is 0 Å². The van der Waals surface area contributed by atoms with Crippen molar-refractivity contribution in [2.75, 3.05) is 0 Å². The molecule has 2 heterocycles. The number of phenolic OH excluding ortho intramolecular Hbond substituents is 2. The second-order valence-corrected chi connectivity index (χ2v) is 11.1. The zero-order chi connectivity index (χ0) is 31.1. The molecule has 2 aromatic heterocycles. The summed E-state index contributed by atoms with van der Waals surface area (Å²) in [4.78, 5) is 28.0. The van der Waals surface area contributed by atoms with E-state index >= 15 is 0 Å². The fraction of sp³-hybridized carbons (Fsp3) is 0.438. The first kappa shape index (κ1) is 32.8. The van der Waals surface area contributed by atoms with Gasteiger partial charge in [0, 0.05) is 47.1 Å². The van der Waals surface area contributed by atoms with Crippen LogP contribution >= 0.6 is 0 Å². The van der Waals surface area contributed by atoms with Crippen LogP contribution in [0.2, 0.25) is 0 Å². The van der Waals surface area contributed by atoms with Crippen LogP contribution in [0.1, 0.15) is 77.7 Å². The number of hydrogen-bond donors (Lipinski definition) is 8. The van der Waals surface area contributed by atoms with Gasteiger partial charge in [0.2, 0.25) is 11.1 Å². The normalized spacial score (nSPS) is 14.5. The Morgan fingerprint density at radius 2 is 0.976 bits per heavy atom. The van der Waals surface area contributed by atoms with Gasteiger partial charge in [-0.3, -0.25) is 9.59 Å². The van der Waals surface area contributed by atoms with Gasteiger partial charge in [-0.25, -0.2) is 0 Å². The summed E-state index contributed by atoms with van der Waals surface area (Å²) in [6.07, 6.45) is 0.105. The molecule has 42 heavy (non-hydrogen) atoms. The minimum absolute atomic E-state index is 0.00326. The highest BCUT2D eigenvalue weighted by atomic mass is 16.3. The third-order valence-corrected chi connectivity index (χ3v) is 7.19. The molecule has 0 saturated heterocycles. The summed E-state index contributed by atoms with van der Waals surface area (Å²) < 4.78 is 0. The Morgan fingerprint density at radius 3 is 1.29 bits per heavy atom. The van der Waals surface area contributed by atoms with E-state index in [0.717, 1.165) is 12.8 Å². The van der Waals surface area contributed by atoms with Gasteiger partial charge in [0.1, 0.15) is 11.5 Å². The van der Waals surface area contributed by atoms with Crippen molar-refractivity contribution in [3.05, 3.63) is 80.4 Å². The Labute approximate surface area is 245 Å². The number of nitrogens with one attached hydrogen (secondary N) is 4. The largest absolute Gasteiger partial charge is 0.506 e. The van der Waals surface area contributed by atoms with E-state index < -0.39 is 12.2 Å². The number of pyridine rings is 2. The van der Waals surface area contributed by atoms with E-state index in [1.165, 1.54) is 24.3 Å². The SMILES string of the molecule is CC[C@@H](NC(C)C)[C@H](O)c1ccc(O)c2[nH]c(=O)ccc12.CC[C@H](NC(C)C)[C@@H](O)c1ccc(O)c2[nH]c(=O)ccc12. The average molecular weight is 581 g/mol. The molecule has 4 aromatic rings. The van der Waals surface area contributed by atoms with Crippen LogP contribution in [0, 0.1) is 0 Å². The maximum absolute atomic E-state index is 11.4. The Kier molecular flexibility index (Phi) is 11.3. The van der Waals surface area contributed by atoms with Gasteiger partial charge in [-0.1, -0.05) is 53.7 Å². The van der Waals surface area contributed by atoms with Crippen LogP contribution in [-0.4, -0.2) is 54.6 Å². The lowest BCUT2D eigenvalue weighted by Gasteiger charge is -2.26. The van der Waals surface area contributed by atoms with Crippen molar-refractivity contribution in [2.24, 2.45) is 0 Å². The van der Waals surface area contributed by atoms with Crippen LogP contribution in [0.5, 0.6) is 11.5 Å². The fourth-order valence-electron chi connectivity index (χ4n) is 5.19. The summed E-state index contributed by atoms with van der Waals surface area (Å²) in [5, 5.41) is 49.0. The molecule has 0 bridgehead atoms. The van der Waals surface area contributed by atoms with Gasteiger partial charge in [0.05, 0.1) is 23.2 Å². The number of hydrogen-bond acceptors (Lipinski definition) is 8. The molecule has 0 aliphatic carbocycles. The van der Waals surface area contributed by atoms with Gasteiger partial charge in [-0.2, -0.15) is 0 Å². The molecule has 4 atom stereocenters. The molecule has 0 unspecified atom stereocenters. The van der Waals surface area contributed by atoms with E-state index in [1.807, 2.05) is 41.5 Å². The van der Waals surface area contributed by atoms with Crippen LogP contribution in [0.15, 0.2) is 58.1 Å². The molecule has 0 radical (unpaired) electrons. The first-order valence-corrected chi connectivity index (χ1v) is 14.5. The first-order chi connectivity index (χ1) is 19.9. The molecule has 10 nitrogen and oxygen atoms in total. The number of phenols is 2. The van der Waals surface area contributed by atoms with Crippen molar-refractivity contribution in [1.82, 2.24) is 20.6 Å². The molecular formula is C32H44N4O6. The van der Waals surface area contributed by atoms with E-state index in [0.29, 0.717) is 32.9 Å². The molecule has 10 heteroatoms. The third kappa shape index (κ3) is 7.77. The summed E-state index contributed by atoms with van der Waals surface area (Å²) in [6.45, 7) is 12.1. The minimum Gasteiger partial charge on any atom is -0.506 e. The smallest absolute Gasteiger partial charge is 0.248 e. The summed E-state index contributed by atoms with van der Waals surface area (Å²) in [5.41, 5.74) is 1.54. The van der Waals surface area contributed by atoms with Crippen LogP contribution in [0.3, 0.4) is 0 Å². The van der Waals surface area contributed by atoms with E-state index in [-0.39, 0.29) is 46.8 Å². The van der Waals surface area contributed by atoms with Crippen LogP contribution in [-0.2, 0) is 0 Å². The number of benzene rings is 2. The Morgan fingerprint density at radius 1 is 0.619 bits per heavy atom. The number of aromatic amines is 2. The van der Waals surface area contributed by atoms with Crippen LogP contribution in [0.4, 0.5) is 0 Å². The second kappa shape index (κ2) is 14.5. The predicted molar refractivity (Wildman–Crippen MR) is 167 cm³/mol. The van der Waals surface area contributed by atoms with Gasteiger partial charge >= 0.3 is 0 Å². The summed E-state index contributed by atoms with van der Waals surface area (Å²) in [6, 6.07) is 12.8. The molecule has 0 amide bonds. The molecule has 228 valence electrons. The predicted octanol–water partition coefficient (Wildman–Crippen LogP) is 4.09. The molecule has 2 aromatic carbocycles. The highest BCUT2D eigenvalue weighted by Crippen LogP contribution is 2.32. The minimum atomic E-state index is -0.716. The molecule has 0 spiro atoms. The van der Waals surface area contributed by atoms with Gasteiger partial charge in [-0.15, -0.1) is 0 Å². The highest BCUT2D eigenvalue weighted by molar-refractivity contribution is 5.88. The molecule has 4 rings (SSSR count). The van der Waals surface area contributed by atoms with Gasteiger partial charge in [0.25, 0.3) is 0 Å². The van der Waals surface area contributed by atoms with Crippen molar-refractivity contribution < 1.29 is 20.4 Å². The Hall–Kier alpha value is -3.70. The molecular weight excluding hydrogens is 536 g/mol. The van der Waals surface area contributed by atoms with Crippen LogP contribution < -0.4 is 21.8 Å². The zero-order valence-corrected chi connectivity index (χ0v) is 25.1. The quantitative estimate of drug-likeness (QED) is 0.139. The summed E-state index contributed by atoms with van der Waals surface area (Å²) >= 11 is 0. The maximum Gasteiger partial charge on any atom is 0.248 e. The topological polar surface area (TPSA) is 171 Å². The zero-order valence-electron chi connectivity index (χ0n) is 25.1. The van der Waals surface area contributed by atoms with Crippen molar-refractivity contribution >= 4 is 21.8 Å². The van der Waals surface area contributed by atoms with Crippen molar-refractivity contribution in [3.8, 4) is 11.5 Å². The van der Waals surface area contributed by atoms with E-state index in [9.17, 15) is 30.0 Å². The fourth-order valence-corrected chi connectivity index (χ4v) is 5.19. The van der Waals surface area contributed by atoms with Crippen LogP contribution in [0.25, 0.3) is 21.8 Å². The maximum atomic E-state index is 11.4. The second-order valence-electron chi connectivity index (χ2n) is 11.1. The van der Waals surface area contributed by atoms with Crippen molar-refractivity contribution in [2.45, 2.75) is 90.8 Å². The number of aliphatic hydroxyl groups excluding tert-OH is 2. The van der Waals surface area contributed by atoms with Gasteiger partial charge in [-0.05, 0) is 48.2 Å². The Balaban J connectivity index is 0.000000230. The first-order valence-electron chi connectivity index (χ1n) is 14.5. The Bertz CT molecular complexity index is 1480. The lowest BCUT2D eigenvalue weighted by molar-refractivity contribution is 0.122. The van der Waals surface area contributed by atoms with Crippen molar-refractivity contribution in [3.63, 3.8) is 0 Å². The number of aromatic hydroxyl groups is 2. The number of fused-ring (bicyclic) bond motifs is 2. The molecule has 0 aliphatic heterocycles. The van der Waals surface area contributed by atoms with Crippen molar-refractivity contribution in [1.29, 1.82) is 0 Å². The molecule has 0 fully saturated rings. The average Bonchev–Trinajstić information content (AvgIpc) is 2.95. The third-order valence-electron chi connectivity index (χ3n) is 7.19. The number of rotatable bonds is 10. The standard InChI is InChI=1S/2C16H22N2O3/c2*1-4-12(17-9(2)3)16(21)11-5-7-13(19)15-10(11)6-8-14(20)18-15/h2*5-9,12,16-17,19,21H,4H2,1-3H3,(H,18,20)/t2*12-,16-/m10/s1. The van der Waals surface area contributed by atoms with E-state index in [2.05, 4.69) is 20.6 Å². The molecule has 8 N–H and O–H groups in total. The molecule has 0 aliphatic rings. The number of aliphatic hydroxyl groups is 2. The number of H-pyrrole nitrogens is 2.